The lowest BCUT2D eigenvalue weighted by molar-refractivity contribution is -0.127. The molecule has 1 aliphatic heterocycles. The van der Waals surface area contributed by atoms with Gasteiger partial charge in [0.2, 0.25) is 5.91 Å². The third-order valence-electron chi connectivity index (χ3n) is 4.62. The lowest BCUT2D eigenvalue weighted by Crippen LogP contribution is -2.47. The largest absolute Gasteiger partial charge is 0.493 e. The van der Waals surface area contributed by atoms with Crippen molar-refractivity contribution in [3.05, 3.63) is 54.0 Å². The number of primary amides is 1. The van der Waals surface area contributed by atoms with Crippen molar-refractivity contribution in [2.45, 2.75) is 6.54 Å². The summed E-state index contributed by atoms with van der Waals surface area (Å²) in [7, 11) is 1.51. The summed E-state index contributed by atoms with van der Waals surface area (Å²) in [5.41, 5.74) is 5.88. The molecule has 0 radical (unpaired) electrons. The molecule has 0 atom stereocenters. The lowest BCUT2D eigenvalue weighted by atomic mass is 10.2. The predicted molar refractivity (Wildman–Crippen MR) is 107 cm³/mol. The quantitative estimate of drug-likeness (QED) is 0.676. The molecule has 1 saturated heterocycles. The molecule has 154 valence electrons. The molecule has 1 aromatic carbocycles. The fourth-order valence-electron chi connectivity index (χ4n) is 3.08. The highest BCUT2D eigenvalue weighted by Gasteiger charge is 2.20. The Morgan fingerprint density at radius 2 is 1.97 bits per heavy atom. The fourth-order valence-corrected chi connectivity index (χ4v) is 3.08. The maximum absolute atomic E-state index is 12.5. The average molecular weight is 399 g/mol. The number of hydrogen-bond donors (Lipinski definition) is 1. The van der Waals surface area contributed by atoms with Gasteiger partial charge in [-0.1, -0.05) is 6.07 Å². The second-order valence-electron chi connectivity index (χ2n) is 6.68. The van der Waals surface area contributed by atoms with E-state index in [4.69, 9.17) is 19.6 Å². The molecule has 0 saturated carbocycles. The van der Waals surface area contributed by atoms with Crippen molar-refractivity contribution in [2.24, 2.45) is 5.73 Å². The van der Waals surface area contributed by atoms with Crippen LogP contribution >= 0.6 is 0 Å². The van der Waals surface area contributed by atoms with E-state index < -0.39 is 5.91 Å². The second-order valence-corrected chi connectivity index (χ2v) is 6.68. The normalized spacial score (nSPS) is 14.9. The first-order valence-electron chi connectivity index (χ1n) is 9.36. The van der Waals surface area contributed by atoms with Crippen LogP contribution < -0.4 is 15.2 Å². The molecule has 0 bridgehead atoms. The highest BCUT2D eigenvalue weighted by atomic mass is 16.5. The van der Waals surface area contributed by atoms with Gasteiger partial charge >= 0.3 is 0 Å². The minimum Gasteiger partial charge on any atom is -0.493 e. The third-order valence-corrected chi connectivity index (χ3v) is 4.62. The van der Waals surface area contributed by atoms with Gasteiger partial charge in [0.15, 0.2) is 18.1 Å². The second kappa shape index (κ2) is 9.79. The minimum absolute atomic E-state index is 0.0318. The number of amides is 2. The van der Waals surface area contributed by atoms with Crippen LogP contribution in [0.25, 0.3) is 6.08 Å². The molecular weight excluding hydrogens is 374 g/mol. The summed E-state index contributed by atoms with van der Waals surface area (Å²) in [5, 5.41) is 0. The summed E-state index contributed by atoms with van der Waals surface area (Å²) in [6.07, 6.45) is 4.96. The zero-order valence-corrected chi connectivity index (χ0v) is 16.4. The van der Waals surface area contributed by atoms with E-state index >= 15 is 0 Å². The number of rotatable bonds is 8. The Balaban J connectivity index is 1.53. The van der Waals surface area contributed by atoms with Crippen molar-refractivity contribution in [2.75, 3.05) is 39.9 Å². The van der Waals surface area contributed by atoms with Gasteiger partial charge in [-0.2, -0.15) is 0 Å². The van der Waals surface area contributed by atoms with E-state index in [-0.39, 0.29) is 12.5 Å². The number of furan rings is 1. The van der Waals surface area contributed by atoms with Crippen LogP contribution in [0.1, 0.15) is 11.3 Å². The summed E-state index contributed by atoms with van der Waals surface area (Å²) in [5.74, 6) is 1.22. The van der Waals surface area contributed by atoms with E-state index in [0.29, 0.717) is 24.6 Å². The zero-order valence-electron chi connectivity index (χ0n) is 16.4. The van der Waals surface area contributed by atoms with Crippen molar-refractivity contribution in [1.29, 1.82) is 0 Å². The summed E-state index contributed by atoms with van der Waals surface area (Å²) >= 11 is 0. The number of benzene rings is 1. The molecule has 2 N–H and O–H groups in total. The molecule has 29 heavy (non-hydrogen) atoms. The Kier molecular flexibility index (Phi) is 6.91. The van der Waals surface area contributed by atoms with Crippen LogP contribution in [-0.4, -0.2) is 61.5 Å². The molecule has 1 aliphatic rings. The van der Waals surface area contributed by atoms with Gasteiger partial charge < -0.3 is 24.5 Å². The number of methoxy groups -OCH3 is 1. The number of piperazine rings is 1. The van der Waals surface area contributed by atoms with Gasteiger partial charge in [0.1, 0.15) is 5.76 Å². The molecule has 3 rings (SSSR count). The van der Waals surface area contributed by atoms with Gasteiger partial charge in [0, 0.05) is 32.3 Å². The van der Waals surface area contributed by atoms with Crippen molar-refractivity contribution in [3.8, 4) is 11.5 Å². The Labute approximate surface area is 169 Å². The zero-order chi connectivity index (χ0) is 20.6. The Morgan fingerprint density at radius 1 is 1.17 bits per heavy atom. The fraction of sp³-hybridized carbons (Fsp3) is 0.333. The smallest absolute Gasteiger partial charge is 0.255 e. The first-order valence-corrected chi connectivity index (χ1v) is 9.36. The Bertz CT molecular complexity index is 855. The van der Waals surface area contributed by atoms with Crippen LogP contribution in [-0.2, 0) is 16.1 Å². The van der Waals surface area contributed by atoms with Crippen molar-refractivity contribution >= 4 is 17.9 Å². The Morgan fingerprint density at radius 3 is 2.62 bits per heavy atom. The van der Waals surface area contributed by atoms with Gasteiger partial charge in [-0.15, -0.1) is 0 Å². The van der Waals surface area contributed by atoms with Gasteiger partial charge in [0.25, 0.3) is 5.91 Å². The van der Waals surface area contributed by atoms with E-state index in [2.05, 4.69) is 4.90 Å². The van der Waals surface area contributed by atoms with Gasteiger partial charge in [-0.05, 0) is 35.9 Å². The predicted octanol–water partition coefficient (Wildman–Crippen LogP) is 1.51. The highest BCUT2D eigenvalue weighted by molar-refractivity contribution is 5.92. The van der Waals surface area contributed by atoms with Crippen LogP contribution in [0.5, 0.6) is 11.5 Å². The monoisotopic (exact) mass is 399 g/mol. The van der Waals surface area contributed by atoms with Crippen molar-refractivity contribution < 1.29 is 23.5 Å². The standard InChI is InChI=1S/C21H25N3O5/c1-27-19-13-16(4-6-18(19)29-15-20(22)25)5-7-21(26)24-10-8-23(9-11-24)14-17-3-2-12-28-17/h2-7,12-13H,8-11,14-15H2,1H3,(H2,22,25)/b7-5+. The SMILES string of the molecule is COc1cc(/C=C/C(=O)N2CCN(Cc3ccco3)CC2)ccc1OCC(N)=O. The summed E-state index contributed by atoms with van der Waals surface area (Å²) in [6.45, 7) is 3.49. The van der Waals surface area contributed by atoms with Crippen LogP contribution in [0, 0.1) is 0 Å². The van der Waals surface area contributed by atoms with Crippen LogP contribution in [0.2, 0.25) is 0 Å². The number of ether oxygens (including phenoxy) is 2. The number of nitrogens with two attached hydrogens (primary N) is 1. The number of carbonyl (C=O) groups is 2. The van der Waals surface area contributed by atoms with E-state index in [0.717, 1.165) is 31.0 Å². The lowest BCUT2D eigenvalue weighted by Gasteiger charge is -2.33. The molecule has 2 heterocycles. The van der Waals surface area contributed by atoms with E-state index in [1.807, 2.05) is 17.0 Å². The van der Waals surface area contributed by atoms with E-state index in [1.54, 1.807) is 36.6 Å². The summed E-state index contributed by atoms with van der Waals surface area (Å²) in [6, 6.07) is 9.04. The van der Waals surface area contributed by atoms with Crippen molar-refractivity contribution in [1.82, 2.24) is 9.80 Å². The molecule has 8 heteroatoms. The minimum atomic E-state index is -0.564. The van der Waals surface area contributed by atoms with Crippen LogP contribution in [0.15, 0.2) is 47.1 Å². The molecule has 1 aromatic heterocycles. The molecular formula is C21H25N3O5. The summed E-state index contributed by atoms with van der Waals surface area (Å²) < 4.78 is 16.0. The van der Waals surface area contributed by atoms with E-state index in [9.17, 15) is 9.59 Å². The number of hydrogen-bond acceptors (Lipinski definition) is 6. The molecule has 1 fully saturated rings. The van der Waals surface area contributed by atoms with Crippen LogP contribution in [0.4, 0.5) is 0 Å². The van der Waals surface area contributed by atoms with Gasteiger partial charge in [-0.3, -0.25) is 14.5 Å². The molecule has 2 aromatic rings. The average Bonchev–Trinajstić information content (AvgIpc) is 3.24. The van der Waals surface area contributed by atoms with Gasteiger partial charge in [-0.25, -0.2) is 0 Å². The number of carbonyl (C=O) groups excluding carboxylic acids is 2. The first kappa shape index (κ1) is 20.5. The third kappa shape index (κ3) is 5.86. The van der Waals surface area contributed by atoms with E-state index in [1.165, 1.54) is 7.11 Å². The molecule has 8 nitrogen and oxygen atoms in total. The van der Waals surface area contributed by atoms with Crippen molar-refractivity contribution in [3.63, 3.8) is 0 Å². The molecule has 2 amide bonds. The summed E-state index contributed by atoms with van der Waals surface area (Å²) in [4.78, 5) is 27.4. The maximum atomic E-state index is 12.5. The Hall–Kier alpha value is -3.26. The maximum Gasteiger partial charge on any atom is 0.255 e. The first-order chi connectivity index (χ1) is 14.0. The highest BCUT2D eigenvalue weighted by Crippen LogP contribution is 2.28. The van der Waals surface area contributed by atoms with Crippen LogP contribution in [0.3, 0.4) is 0 Å². The topological polar surface area (TPSA) is 98.2 Å². The molecule has 0 unspecified atom stereocenters. The van der Waals surface area contributed by atoms with Gasteiger partial charge in [0.05, 0.1) is 19.9 Å². The molecule has 0 spiro atoms. The number of nitrogens with zero attached hydrogens (tertiary/aromatic N) is 2. The molecule has 0 aliphatic carbocycles.